The average molecular weight is 547 g/mol. The first-order valence-corrected chi connectivity index (χ1v) is 15.8. The zero-order chi connectivity index (χ0) is 29.3. The SMILES string of the molecule is C[C@@H]1C(=O)C(C#N)=C[C@]2(C)C3=CC(=O)C4CCC(C)(C)CC[C@](C)(C(=O)N5CCCC5)CC[C@@]4(C)[C@]3(C)CC[C@@H]12. The van der Waals surface area contributed by atoms with Crippen molar-refractivity contribution in [2.45, 2.75) is 113 Å². The molecule has 1 saturated heterocycles. The molecule has 0 radical (unpaired) electrons. The molecule has 5 aliphatic rings. The molecule has 1 aliphatic heterocycles. The van der Waals surface area contributed by atoms with Crippen molar-refractivity contribution in [3.05, 3.63) is 23.3 Å². The summed E-state index contributed by atoms with van der Waals surface area (Å²) < 4.78 is 0. The maximum Gasteiger partial charge on any atom is 0.228 e. The van der Waals surface area contributed by atoms with E-state index in [-0.39, 0.29) is 51.1 Å². The molecule has 0 N–H and O–H groups in total. The van der Waals surface area contributed by atoms with Gasteiger partial charge in [0.05, 0.1) is 5.57 Å². The summed E-state index contributed by atoms with van der Waals surface area (Å²) in [6.45, 7) is 17.4. The van der Waals surface area contributed by atoms with E-state index >= 15 is 0 Å². The fourth-order valence-corrected chi connectivity index (χ4v) is 9.72. The Balaban J connectivity index is 1.61. The highest BCUT2D eigenvalue weighted by molar-refractivity contribution is 6.02. The number of hydrogen-bond acceptors (Lipinski definition) is 4. The van der Waals surface area contributed by atoms with Gasteiger partial charge < -0.3 is 4.90 Å². The number of carbonyl (C=O) groups excluding carboxylic acids is 3. The topological polar surface area (TPSA) is 78.2 Å². The number of likely N-dealkylation sites (tertiary alicyclic amines) is 1. The summed E-state index contributed by atoms with van der Waals surface area (Å²) >= 11 is 0. The van der Waals surface area contributed by atoms with E-state index in [0.29, 0.717) is 5.91 Å². The van der Waals surface area contributed by atoms with E-state index in [9.17, 15) is 19.6 Å². The van der Waals surface area contributed by atoms with E-state index in [1.165, 1.54) is 0 Å². The second kappa shape index (κ2) is 9.67. The number of hydrogen-bond donors (Lipinski definition) is 0. The Morgan fingerprint density at radius 3 is 2.23 bits per heavy atom. The maximum absolute atomic E-state index is 14.2. The standard InChI is InChI=1S/C35H50N2O3/c1-23-25-11-13-35(7)28(33(25,5)21-24(22-36)29(23)39)20-27(38)26-10-12-31(2,3)14-15-32(4,16-17-34(26,35)6)30(40)37-18-8-9-19-37/h20-21,23,25-26H,8-19H2,1-7H3/t23-,25-,26?,32-,33-,34+,35+/m0/s1. The molecule has 1 heterocycles. The Hall–Kier alpha value is -2.22. The van der Waals surface area contributed by atoms with Gasteiger partial charge in [0.15, 0.2) is 11.6 Å². The van der Waals surface area contributed by atoms with Crippen LogP contribution < -0.4 is 0 Å². The molecular formula is C35H50N2O3. The van der Waals surface area contributed by atoms with Gasteiger partial charge in [-0.1, -0.05) is 60.1 Å². The van der Waals surface area contributed by atoms with Gasteiger partial charge in [0.25, 0.3) is 0 Å². The van der Waals surface area contributed by atoms with Crippen LogP contribution in [0, 0.1) is 56.2 Å². The molecule has 1 unspecified atom stereocenters. The summed E-state index contributed by atoms with van der Waals surface area (Å²) in [5, 5.41) is 9.85. The van der Waals surface area contributed by atoms with Crippen molar-refractivity contribution in [1.29, 1.82) is 5.26 Å². The molecule has 5 rings (SSSR count). The van der Waals surface area contributed by atoms with Gasteiger partial charge in [0.2, 0.25) is 5.91 Å². The number of allylic oxidation sites excluding steroid dienone is 4. The van der Waals surface area contributed by atoms with Crippen LogP contribution in [0.1, 0.15) is 113 Å². The molecule has 5 nitrogen and oxygen atoms in total. The van der Waals surface area contributed by atoms with E-state index in [1.807, 2.05) is 19.1 Å². The van der Waals surface area contributed by atoms with Crippen LogP contribution in [0.5, 0.6) is 0 Å². The molecule has 5 heteroatoms. The van der Waals surface area contributed by atoms with Crippen molar-refractivity contribution < 1.29 is 14.4 Å². The van der Waals surface area contributed by atoms with E-state index in [4.69, 9.17) is 0 Å². The van der Waals surface area contributed by atoms with Crippen molar-refractivity contribution in [1.82, 2.24) is 4.90 Å². The fourth-order valence-electron chi connectivity index (χ4n) is 9.72. The zero-order valence-electron chi connectivity index (χ0n) is 26.0. The molecule has 0 aromatic rings. The van der Waals surface area contributed by atoms with Crippen molar-refractivity contribution >= 4 is 17.5 Å². The fraction of sp³-hybridized carbons (Fsp3) is 0.771. The van der Waals surface area contributed by atoms with Crippen molar-refractivity contribution in [2.75, 3.05) is 13.1 Å². The highest BCUT2D eigenvalue weighted by atomic mass is 16.2. The van der Waals surface area contributed by atoms with Gasteiger partial charge in [0.1, 0.15) is 6.07 Å². The van der Waals surface area contributed by atoms with Gasteiger partial charge in [-0.25, -0.2) is 0 Å². The summed E-state index contributed by atoms with van der Waals surface area (Å²) in [6, 6.07) is 2.18. The summed E-state index contributed by atoms with van der Waals surface area (Å²) in [6.07, 6.45) is 13.2. The summed E-state index contributed by atoms with van der Waals surface area (Å²) in [5.74, 6) is 0.218. The maximum atomic E-state index is 14.2. The Morgan fingerprint density at radius 2 is 1.57 bits per heavy atom. The van der Waals surface area contributed by atoms with Gasteiger partial charge in [-0.2, -0.15) is 5.26 Å². The van der Waals surface area contributed by atoms with E-state index < -0.39 is 10.8 Å². The van der Waals surface area contributed by atoms with Crippen molar-refractivity contribution in [2.24, 2.45) is 44.8 Å². The van der Waals surface area contributed by atoms with Crippen molar-refractivity contribution in [3.8, 4) is 6.07 Å². The molecule has 1 amide bonds. The third kappa shape index (κ3) is 4.26. The summed E-state index contributed by atoms with van der Waals surface area (Å²) in [7, 11) is 0. The first-order valence-electron chi connectivity index (χ1n) is 15.8. The van der Waals surface area contributed by atoms with Gasteiger partial charge in [0, 0.05) is 35.8 Å². The molecule has 0 spiro atoms. The van der Waals surface area contributed by atoms with E-state index in [2.05, 4.69) is 52.5 Å². The van der Waals surface area contributed by atoms with Gasteiger partial charge in [-0.05, 0) is 92.4 Å². The molecule has 0 aromatic heterocycles. The smallest absolute Gasteiger partial charge is 0.228 e. The van der Waals surface area contributed by atoms with Gasteiger partial charge in [-0.3, -0.25) is 14.4 Å². The molecule has 2 saturated carbocycles. The number of nitriles is 1. The average Bonchev–Trinajstić information content (AvgIpc) is 3.44. The predicted octanol–water partition coefficient (Wildman–Crippen LogP) is 7.22. The lowest BCUT2D eigenvalue weighted by Gasteiger charge is -2.63. The number of amides is 1. The summed E-state index contributed by atoms with van der Waals surface area (Å²) in [5.41, 5.74) is -0.0821. The van der Waals surface area contributed by atoms with Crippen LogP contribution in [0.25, 0.3) is 0 Å². The second-order valence-corrected chi connectivity index (χ2v) is 15.8. The number of carbonyl (C=O) groups is 3. The number of rotatable bonds is 1. The quantitative estimate of drug-likeness (QED) is 0.348. The molecule has 0 bridgehead atoms. The largest absolute Gasteiger partial charge is 0.342 e. The molecule has 7 atom stereocenters. The lowest BCUT2D eigenvalue weighted by molar-refractivity contribution is -0.144. The van der Waals surface area contributed by atoms with Gasteiger partial charge >= 0.3 is 0 Å². The van der Waals surface area contributed by atoms with Crippen LogP contribution in [0.15, 0.2) is 23.3 Å². The van der Waals surface area contributed by atoms with Crippen LogP contribution in [-0.4, -0.2) is 35.5 Å². The van der Waals surface area contributed by atoms with Crippen LogP contribution in [0.4, 0.5) is 0 Å². The minimum atomic E-state index is -0.502. The minimum Gasteiger partial charge on any atom is -0.342 e. The van der Waals surface area contributed by atoms with Crippen LogP contribution >= 0.6 is 0 Å². The number of ketones is 2. The Morgan fingerprint density at radius 1 is 0.925 bits per heavy atom. The number of fused-ring (bicyclic) bond motifs is 5. The Kier molecular flexibility index (Phi) is 7.08. The molecule has 40 heavy (non-hydrogen) atoms. The van der Waals surface area contributed by atoms with Crippen LogP contribution in [-0.2, 0) is 14.4 Å². The third-order valence-electron chi connectivity index (χ3n) is 13.0. The van der Waals surface area contributed by atoms with E-state index in [0.717, 1.165) is 82.9 Å². The lowest BCUT2D eigenvalue weighted by Crippen LogP contribution is -2.59. The van der Waals surface area contributed by atoms with Gasteiger partial charge in [-0.15, -0.1) is 0 Å². The molecule has 0 aromatic carbocycles. The molecular weight excluding hydrogens is 496 g/mol. The van der Waals surface area contributed by atoms with Crippen LogP contribution in [0.2, 0.25) is 0 Å². The Labute approximate surface area is 241 Å². The lowest BCUT2D eigenvalue weighted by atomic mass is 9.39. The second-order valence-electron chi connectivity index (χ2n) is 15.8. The Bertz CT molecular complexity index is 1220. The molecule has 4 aliphatic carbocycles. The third-order valence-corrected chi connectivity index (χ3v) is 13.0. The molecule has 3 fully saturated rings. The predicted molar refractivity (Wildman–Crippen MR) is 157 cm³/mol. The highest BCUT2D eigenvalue weighted by Crippen LogP contribution is 2.69. The van der Waals surface area contributed by atoms with E-state index in [1.54, 1.807) is 0 Å². The zero-order valence-corrected chi connectivity index (χ0v) is 26.0. The van der Waals surface area contributed by atoms with Crippen LogP contribution in [0.3, 0.4) is 0 Å². The van der Waals surface area contributed by atoms with Crippen molar-refractivity contribution in [3.63, 3.8) is 0 Å². The normalized spacial score (nSPS) is 43.5. The number of nitrogens with zero attached hydrogens (tertiary/aromatic N) is 2. The monoisotopic (exact) mass is 546 g/mol. The highest BCUT2D eigenvalue weighted by Gasteiger charge is 2.64. The molecule has 218 valence electrons. The summed E-state index contributed by atoms with van der Waals surface area (Å²) in [4.78, 5) is 43.3. The number of Topliss-reactive ketones (excluding diaryl/α,β-unsaturated/α-hetero) is 1. The first-order chi connectivity index (χ1) is 18.6. The minimum absolute atomic E-state index is 0.0579. The first kappa shape index (κ1) is 29.3.